The van der Waals surface area contributed by atoms with Gasteiger partial charge in [-0.15, -0.1) is 11.8 Å². The van der Waals surface area contributed by atoms with Gasteiger partial charge in [0.25, 0.3) is 0 Å². The fourth-order valence-corrected chi connectivity index (χ4v) is 3.58. The molecule has 2 heterocycles. The van der Waals surface area contributed by atoms with Gasteiger partial charge in [0.15, 0.2) is 0 Å². The van der Waals surface area contributed by atoms with Crippen LogP contribution in [0.15, 0.2) is 53.6 Å². The van der Waals surface area contributed by atoms with E-state index in [0.717, 1.165) is 11.3 Å². The molecular weight excluding hydrogens is 346 g/mol. The van der Waals surface area contributed by atoms with Crippen LogP contribution < -0.4 is 0 Å². The molecule has 0 N–H and O–H groups in total. The molecule has 3 rings (SSSR count). The third kappa shape index (κ3) is 4.43. The highest BCUT2D eigenvalue weighted by Crippen LogP contribution is 2.22. The molecule has 6 heteroatoms. The molecule has 0 saturated carbocycles. The summed E-state index contributed by atoms with van der Waals surface area (Å²) < 4.78 is 0. The number of amides is 2. The van der Waals surface area contributed by atoms with Crippen molar-refractivity contribution in [1.82, 2.24) is 14.8 Å². The summed E-state index contributed by atoms with van der Waals surface area (Å²) >= 11 is 1.70. The SMILES string of the molecule is CSc1ccc(CN(C)C(=O)[C@H]2CC(=O)N(Cc3ccccn3)C2)cc1. The smallest absolute Gasteiger partial charge is 0.228 e. The summed E-state index contributed by atoms with van der Waals surface area (Å²) in [5, 5.41) is 0. The summed E-state index contributed by atoms with van der Waals surface area (Å²) in [6.45, 7) is 1.48. The minimum atomic E-state index is -0.276. The maximum atomic E-state index is 12.7. The van der Waals surface area contributed by atoms with Crippen molar-refractivity contribution in [3.8, 4) is 0 Å². The highest BCUT2D eigenvalue weighted by Gasteiger charge is 2.35. The Morgan fingerprint density at radius 3 is 2.69 bits per heavy atom. The molecule has 0 aliphatic carbocycles. The molecular formula is C20H23N3O2S. The maximum Gasteiger partial charge on any atom is 0.228 e. The van der Waals surface area contributed by atoms with Gasteiger partial charge >= 0.3 is 0 Å². The molecule has 2 amide bonds. The number of likely N-dealkylation sites (tertiary alicyclic amines) is 1. The lowest BCUT2D eigenvalue weighted by Crippen LogP contribution is -2.34. The Morgan fingerprint density at radius 1 is 1.27 bits per heavy atom. The Bertz CT molecular complexity index is 764. The normalized spacial score (nSPS) is 16.8. The summed E-state index contributed by atoms with van der Waals surface area (Å²) in [6, 6.07) is 13.9. The first kappa shape index (κ1) is 18.5. The number of rotatable bonds is 6. The molecule has 0 bridgehead atoms. The maximum absolute atomic E-state index is 12.7. The van der Waals surface area contributed by atoms with E-state index in [1.807, 2.05) is 36.6 Å². The molecule has 1 aromatic heterocycles. The lowest BCUT2D eigenvalue weighted by molar-refractivity contribution is -0.135. The third-order valence-electron chi connectivity index (χ3n) is 4.60. The molecule has 0 radical (unpaired) electrons. The lowest BCUT2D eigenvalue weighted by Gasteiger charge is -2.21. The first-order chi connectivity index (χ1) is 12.6. The van der Waals surface area contributed by atoms with Gasteiger partial charge in [0, 0.05) is 37.7 Å². The van der Waals surface area contributed by atoms with Crippen LogP contribution in [0.5, 0.6) is 0 Å². The molecule has 5 nitrogen and oxygen atoms in total. The van der Waals surface area contributed by atoms with Crippen LogP contribution in [-0.4, -0.2) is 46.4 Å². The van der Waals surface area contributed by atoms with E-state index in [4.69, 9.17) is 0 Å². The molecule has 1 aliphatic rings. The van der Waals surface area contributed by atoms with Crippen LogP contribution in [0.3, 0.4) is 0 Å². The van der Waals surface area contributed by atoms with Crippen LogP contribution >= 0.6 is 11.8 Å². The van der Waals surface area contributed by atoms with E-state index in [0.29, 0.717) is 19.6 Å². The quantitative estimate of drug-likeness (QED) is 0.735. The molecule has 1 aromatic carbocycles. The van der Waals surface area contributed by atoms with E-state index >= 15 is 0 Å². The van der Waals surface area contributed by atoms with Crippen LogP contribution in [0.4, 0.5) is 0 Å². The zero-order valence-corrected chi connectivity index (χ0v) is 15.9. The third-order valence-corrected chi connectivity index (χ3v) is 5.34. The van der Waals surface area contributed by atoms with E-state index < -0.39 is 0 Å². The second-order valence-corrected chi connectivity index (χ2v) is 7.42. The van der Waals surface area contributed by atoms with Crippen molar-refractivity contribution in [1.29, 1.82) is 0 Å². The minimum Gasteiger partial charge on any atom is -0.341 e. The molecule has 26 heavy (non-hydrogen) atoms. The average Bonchev–Trinajstić information content (AvgIpc) is 3.03. The van der Waals surface area contributed by atoms with Gasteiger partial charge < -0.3 is 9.80 Å². The van der Waals surface area contributed by atoms with Crippen molar-refractivity contribution >= 4 is 23.6 Å². The van der Waals surface area contributed by atoms with E-state index in [1.54, 1.807) is 34.8 Å². The molecule has 0 unspecified atom stereocenters. The standard InChI is InChI=1S/C20H23N3O2S/c1-22(12-15-6-8-18(26-2)9-7-15)20(25)16-11-19(24)23(13-16)14-17-5-3-4-10-21-17/h3-10,16H,11-14H2,1-2H3/t16-/m0/s1. The number of benzene rings is 1. The number of nitrogens with zero attached hydrogens (tertiary/aromatic N) is 3. The minimum absolute atomic E-state index is 0.0201. The van der Waals surface area contributed by atoms with Gasteiger partial charge in [-0.1, -0.05) is 18.2 Å². The van der Waals surface area contributed by atoms with Crippen LogP contribution in [0.2, 0.25) is 0 Å². The Balaban J connectivity index is 1.58. The Labute approximate surface area is 158 Å². The zero-order valence-electron chi connectivity index (χ0n) is 15.1. The second kappa shape index (κ2) is 8.36. The summed E-state index contributed by atoms with van der Waals surface area (Å²) in [6.07, 6.45) is 4.04. The number of thioether (sulfide) groups is 1. The number of carbonyl (C=O) groups excluding carboxylic acids is 2. The van der Waals surface area contributed by atoms with Crippen LogP contribution in [0.1, 0.15) is 17.7 Å². The number of carbonyl (C=O) groups is 2. The number of hydrogen-bond donors (Lipinski definition) is 0. The van der Waals surface area contributed by atoms with Crippen molar-refractivity contribution in [2.75, 3.05) is 19.8 Å². The first-order valence-electron chi connectivity index (χ1n) is 8.62. The fraction of sp³-hybridized carbons (Fsp3) is 0.350. The lowest BCUT2D eigenvalue weighted by atomic mass is 10.1. The largest absolute Gasteiger partial charge is 0.341 e. The number of hydrogen-bond acceptors (Lipinski definition) is 4. The first-order valence-corrected chi connectivity index (χ1v) is 9.85. The zero-order chi connectivity index (χ0) is 18.5. The van der Waals surface area contributed by atoms with Crippen molar-refractivity contribution < 1.29 is 9.59 Å². The summed E-state index contributed by atoms with van der Waals surface area (Å²) in [5.41, 5.74) is 1.93. The molecule has 1 fully saturated rings. The predicted octanol–water partition coefficient (Wildman–Crippen LogP) is 2.81. The summed E-state index contributed by atoms with van der Waals surface area (Å²) in [4.78, 5) is 33.9. The average molecular weight is 369 g/mol. The van der Waals surface area contributed by atoms with Gasteiger partial charge in [-0.05, 0) is 36.1 Å². The van der Waals surface area contributed by atoms with Crippen LogP contribution in [0, 0.1) is 5.92 Å². The monoisotopic (exact) mass is 369 g/mol. The number of pyridine rings is 1. The van der Waals surface area contributed by atoms with Crippen LogP contribution in [-0.2, 0) is 22.7 Å². The van der Waals surface area contributed by atoms with E-state index in [1.165, 1.54) is 4.90 Å². The summed E-state index contributed by atoms with van der Waals surface area (Å²) in [7, 11) is 1.80. The van der Waals surface area contributed by atoms with Crippen molar-refractivity contribution in [3.05, 3.63) is 59.9 Å². The molecule has 1 atom stereocenters. The van der Waals surface area contributed by atoms with Gasteiger partial charge in [0.2, 0.25) is 11.8 Å². The van der Waals surface area contributed by atoms with E-state index in [2.05, 4.69) is 17.1 Å². The summed E-state index contributed by atoms with van der Waals surface area (Å²) in [5.74, 6) is -0.232. The fourth-order valence-electron chi connectivity index (χ4n) is 3.17. The topological polar surface area (TPSA) is 53.5 Å². The van der Waals surface area contributed by atoms with Crippen molar-refractivity contribution in [2.24, 2.45) is 5.92 Å². The molecule has 2 aromatic rings. The Kier molecular flexibility index (Phi) is 5.93. The Morgan fingerprint density at radius 2 is 2.04 bits per heavy atom. The number of aromatic nitrogens is 1. The van der Waals surface area contributed by atoms with E-state index in [9.17, 15) is 9.59 Å². The van der Waals surface area contributed by atoms with Crippen molar-refractivity contribution in [3.63, 3.8) is 0 Å². The van der Waals surface area contributed by atoms with Gasteiger partial charge in [0.05, 0.1) is 18.2 Å². The Hall–Kier alpha value is -2.34. The van der Waals surface area contributed by atoms with Gasteiger partial charge in [-0.3, -0.25) is 14.6 Å². The molecule has 1 aliphatic heterocycles. The molecule has 0 spiro atoms. The van der Waals surface area contributed by atoms with Gasteiger partial charge in [-0.2, -0.15) is 0 Å². The second-order valence-electron chi connectivity index (χ2n) is 6.54. The van der Waals surface area contributed by atoms with Gasteiger partial charge in [-0.25, -0.2) is 0 Å². The van der Waals surface area contributed by atoms with Crippen LogP contribution in [0.25, 0.3) is 0 Å². The predicted molar refractivity (Wildman–Crippen MR) is 102 cm³/mol. The highest BCUT2D eigenvalue weighted by atomic mass is 32.2. The van der Waals surface area contributed by atoms with Gasteiger partial charge in [0.1, 0.15) is 0 Å². The highest BCUT2D eigenvalue weighted by molar-refractivity contribution is 7.98. The molecule has 136 valence electrons. The molecule has 1 saturated heterocycles. The van der Waals surface area contributed by atoms with E-state index in [-0.39, 0.29) is 24.2 Å². The van der Waals surface area contributed by atoms with Crippen molar-refractivity contribution in [2.45, 2.75) is 24.4 Å².